The van der Waals surface area contributed by atoms with Crippen LogP contribution in [0.4, 0.5) is 9.59 Å². The molecule has 3 aliphatic heterocycles. The van der Waals surface area contributed by atoms with Crippen LogP contribution in [0, 0.1) is 24.2 Å². The summed E-state index contributed by atoms with van der Waals surface area (Å²) in [6, 6.07) is 5.65. The van der Waals surface area contributed by atoms with Gasteiger partial charge in [0.2, 0.25) is 12.7 Å². The maximum atomic E-state index is 14.1. The number of hydrogen-bond acceptors (Lipinski definition) is 17. The number of carboxylic acids is 2. The average Bonchev–Trinajstić information content (AvgIpc) is 3.97. The molecule has 392 valence electrons. The highest BCUT2D eigenvalue weighted by molar-refractivity contribution is 5.89. The largest absolute Gasteiger partial charge is 0.493 e. The molecule has 3 heterocycles. The van der Waals surface area contributed by atoms with Crippen LogP contribution in [0.5, 0.6) is 23.0 Å². The number of carbonyl (C=O) groups excluding carboxylic acids is 4. The number of nitrogens with one attached hydrogen (secondary N) is 1. The zero-order chi connectivity index (χ0) is 51.8. The molecule has 22 nitrogen and oxygen atoms in total. The lowest BCUT2D eigenvalue weighted by molar-refractivity contribution is -0.364. The molecule has 3 aliphatic carbocycles. The summed E-state index contributed by atoms with van der Waals surface area (Å²) in [5.41, 5.74) is 1.58. The van der Waals surface area contributed by atoms with Gasteiger partial charge in [0.15, 0.2) is 35.6 Å². The first kappa shape index (κ1) is 52.3. The minimum atomic E-state index is -1.60. The number of ketones is 1. The Labute approximate surface area is 415 Å². The van der Waals surface area contributed by atoms with Crippen molar-refractivity contribution in [2.75, 3.05) is 47.7 Å². The number of allylic oxidation sites excluding steroid dienone is 1. The highest BCUT2D eigenvalue weighted by atomic mass is 16.8. The van der Waals surface area contributed by atoms with Crippen molar-refractivity contribution in [1.29, 1.82) is 0 Å². The summed E-state index contributed by atoms with van der Waals surface area (Å²) < 4.78 is 53.3. The summed E-state index contributed by atoms with van der Waals surface area (Å²) in [5.74, 6) is -3.62. The molecule has 5 N–H and O–H groups in total. The number of Topliss-reactive ketones (excluding diaryl/α,β-unsaturated/α-hetero) is 1. The number of carbonyl (C=O) groups is 6. The summed E-state index contributed by atoms with van der Waals surface area (Å²) in [5, 5.41) is 43.3. The van der Waals surface area contributed by atoms with E-state index in [9.17, 15) is 44.1 Å². The predicted octanol–water partition coefficient (Wildman–Crippen LogP) is 3.79. The molecule has 13 atom stereocenters. The lowest BCUT2D eigenvalue weighted by Crippen LogP contribution is -2.63. The van der Waals surface area contributed by atoms with E-state index >= 15 is 0 Å². The number of aliphatic hydroxyl groups is 2. The molecule has 0 bridgehead atoms. The van der Waals surface area contributed by atoms with Gasteiger partial charge in [-0.1, -0.05) is 19.1 Å². The number of amides is 3. The van der Waals surface area contributed by atoms with Crippen LogP contribution in [0.1, 0.15) is 93.1 Å². The first-order valence-electron chi connectivity index (χ1n) is 24.1. The third-order valence-electron chi connectivity index (χ3n) is 14.7. The number of nitrogens with zero attached hydrogens (tertiary/aromatic N) is 2. The molecule has 0 aromatic heterocycles. The van der Waals surface area contributed by atoms with Gasteiger partial charge in [-0.2, -0.15) is 0 Å². The number of benzene rings is 2. The number of aliphatic carboxylic acids is 2. The van der Waals surface area contributed by atoms with Crippen LogP contribution in [-0.4, -0.2) is 163 Å². The van der Waals surface area contributed by atoms with Crippen molar-refractivity contribution < 1.29 is 91.8 Å². The van der Waals surface area contributed by atoms with Gasteiger partial charge in [0.05, 0.1) is 26.2 Å². The van der Waals surface area contributed by atoms with Crippen molar-refractivity contribution in [3.05, 3.63) is 58.7 Å². The third kappa shape index (κ3) is 10.8. The molecule has 3 amide bonds. The van der Waals surface area contributed by atoms with E-state index in [1.807, 2.05) is 18.2 Å². The summed E-state index contributed by atoms with van der Waals surface area (Å²) >= 11 is 0. The summed E-state index contributed by atoms with van der Waals surface area (Å²) in [6.07, 6.45) is -4.44. The normalized spacial score (nSPS) is 31.3. The lowest BCUT2D eigenvalue weighted by atomic mass is 9.66. The van der Waals surface area contributed by atoms with Gasteiger partial charge in [0, 0.05) is 56.8 Å². The second kappa shape index (κ2) is 21.6. The number of likely N-dealkylation sites (N-methyl/N-ethyl adjacent to an activating group) is 2. The van der Waals surface area contributed by atoms with E-state index in [0.717, 1.165) is 0 Å². The number of ether oxygens (including phenoxy) is 9. The number of aryl methyl sites for hydroxylation is 1. The smallest absolute Gasteiger partial charge is 0.415 e. The van der Waals surface area contributed by atoms with Crippen molar-refractivity contribution in [2.45, 2.75) is 127 Å². The fourth-order valence-corrected chi connectivity index (χ4v) is 10.6. The third-order valence-corrected chi connectivity index (χ3v) is 14.7. The van der Waals surface area contributed by atoms with Crippen molar-refractivity contribution in [2.24, 2.45) is 17.3 Å². The zero-order valence-corrected chi connectivity index (χ0v) is 41.0. The van der Waals surface area contributed by atoms with Gasteiger partial charge in [-0.25, -0.2) is 14.4 Å². The van der Waals surface area contributed by atoms with Crippen LogP contribution in [0.3, 0.4) is 0 Å². The molecule has 0 spiro atoms. The van der Waals surface area contributed by atoms with Gasteiger partial charge < -0.3 is 78.2 Å². The van der Waals surface area contributed by atoms with Gasteiger partial charge in [-0.15, -0.1) is 0 Å². The monoisotopic (exact) mass is 1010 g/mol. The van der Waals surface area contributed by atoms with Gasteiger partial charge in [-0.3, -0.25) is 14.4 Å². The number of methoxy groups -OCH3 is 1. The van der Waals surface area contributed by atoms with Crippen LogP contribution in [0.15, 0.2) is 36.4 Å². The molecule has 3 fully saturated rings. The molecule has 72 heavy (non-hydrogen) atoms. The summed E-state index contributed by atoms with van der Waals surface area (Å²) in [6.45, 7) is 5.30. The lowest BCUT2D eigenvalue weighted by Gasteiger charge is -2.48. The Hall–Kier alpha value is -6.04. The number of rotatable bonds is 14. The van der Waals surface area contributed by atoms with Gasteiger partial charge in [0.25, 0.3) is 0 Å². The standard InChI is InChI=1S/C50H63N3O19/c1-24-17-26(38-29-19-33-34(67-23-66-33)20-30(29)43(28-10-11-32(54)39(28)38)71-46-41(58)40(57)44-36(70-46)22-65-25(2)68-44)18-35(64-6)42(24)72-49(63)53(5)16-15-52(4)48(62)69-27-9-7-8-13-50(3,14-12-27)47(61)51-31(45(59)60)21-37(55)56/h7,9,17-20,25,27-28,31,36,38-41,43-44,46,57-58H,8,10-16,21-23H2,1-6H3,(H,51,61)(H,55,56)(H,59,60)/b9-7+/t25-,27+,28+,31+,36-,38-,39-,40-,41-,43?,44-,46?,50-/m1/s1. The molecule has 8 rings (SSSR count). The quantitative estimate of drug-likeness (QED) is 0.168. The van der Waals surface area contributed by atoms with Crippen LogP contribution in [0.25, 0.3) is 0 Å². The first-order chi connectivity index (χ1) is 34.3. The zero-order valence-electron chi connectivity index (χ0n) is 41.0. The minimum Gasteiger partial charge on any atom is -0.493 e. The molecule has 2 aromatic rings. The Morgan fingerprint density at radius 1 is 0.931 bits per heavy atom. The highest BCUT2D eigenvalue weighted by Gasteiger charge is 2.55. The number of carboxylic acid groups (broad SMARTS) is 2. The van der Waals surface area contributed by atoms with Gasteiger partial charge >= 0.3 is 24.1 Å². The van der Waals surface area contributed by atoms with Crippen LogP contribution < -0.4 is 24.3 Å². The molecular weight excluding hydrogens is 947 g/mol. The van der Waals surface area contributed by atoms with Crippen LogP contribution >= 0.6 is 0 Å². The second-order valence-electron chi connectivity index (χ2n) is 19.6. The van der Waals surface area contributed by atoms with E-state index in [0.29, 0.717) is 53.0 Å². The number of fused-ring (bicyclic) bond motifs is 4. The van der Waals surface area contributed by atoms with E-state index in [2.05, 4.69) is 5.32 Å². The molecular formula is C50H63N3O19. The maximum Gasteiger partial charge on any atom is 0.415 e. The fourth-order valence-electron chi connectivity index (χ4n) is 10.6. The van der Waals surface area contributed by atoms with Crippen molar-refractivity contribution in [3.8, 4) is 23.0 Å². The van der Waals surface area contributed by atoms with E-state index in [-0.39, 0.29) is 69.0 Å². The summed E-state index contributed by atoms with van der Waals surface area (Å²) in [7, 11) is 4.45. The highest BCUT2D eigenvalue weighted by Crippen LogP contribution is 2.58. The Balaban J connectivity index is 0.930. The molecule has 2 saturated heterocycles. The number of hydrogen-bond donors (Lipinski definition) is 5. The van der Waals surface area contributed by atoms with Gasteiger partial charge in [-0.05, 0) is 92.5 Å². The minimum absolute atomic E-state index is 0.00921. The molecule has 2 aromatic carbocycles. The summed E-state index contributed by atoms with van der Waals surface area (Å²) in [4.78, 5) is 79.5. The topological polar surface area (TPSA) is 285 Å². The van der Waals surface area contributed by atoms with E-state index in [1.54, 1.807) is 39.0 Å². The van der Waals surface area contributed by atoms with E-state index < -0.39 is 109 Å². The van der Waals surface area contributed by atoms with Crippen molar-refractivity contribution >= 4 is 35.8 Å². The SMILES string of the molecule is COc1cc([C@@H]2c3cc4c(cc3C(OC3O[C@@H]5CO[C@@H](C)O[C@H]5[C@H](O)[C@H]3O)[C@H]3CCC(=O)[C@H]23)OCO4)cc(C)c1OC(=O)N(C)CCN(C)C(=O)O[C@H]1/C=C/CC[C@@](C)(C(=O)N[C@@H](CC(=O)O)C(=O)O)CC1. The first-order valence-corrected chi connectivity index (χ1v) is 24.1. The molecule has 6 aliphatic rings. The predicted molar refractivity (Wildman–Crippen MR) is 247 cm³/mol. The Bertz CT molecular complexity index is 2450. The van der Waals surface area contributed by atoms with Crippen LogP contribution in [0.2, 0.25) is 0 Å². The van der Waals surface area contributed by atoms with Gasteiger partial charge in [0.1, 0.15) is 42.3 Å². The molecule has 2 unspecified atom stereocenters. The molecule has 0 radical (unpaired) electrons. The molecule has 1 saturated carbocycles. The number of aliphatic hydroxyl groups excluding tert-OH is 2. The average molecular weight is 1010 g/mol. The van der Waals surface area contributed by atoms with Crippen LogP contribution in [-0.2, 0) is 42.9 Å². The van der Waals surface area contributed by atoms with Crippen molar-refractivity contribution in [3.63, 3.8) is 0 Å². The second-order valence-corrected chi connectivity index (χ2v) is 19.6. The van der Waals surface area contributed by atoms with Crippen molar-refractivity contribution in [1.82, 2.24) is 15.1 Å². The Morgan fingerprint density at radius 2 is 1.64 bits per heavy atom. The van der Waals surface area contributed by atoms with E-state index in [4.69, 9.17) is 47.7 Å². The fraction of sp³-hybridized carbons (Fsp3) is 0.600. The Kier molecular flexibility index (Phi) is 15.7. The van der Waals surface area contributed by atoms with E-state index in [1.165, 1.54) is 31.0 Å². The maximum absolute atomic E-state index is 14.1. The molecule has 22 heteroatoms. The Morgan fingerprint density at radius 3 is 2.33 bits per heavy atom.